The van der Waals surface area contributed by atoms with Gasteiger partial charge in [-0.05, 0) is 79.5 Å². The molecule has 2 saturated heterocycles. The summed E-state index contributed by atoms with van der Waals surface area (Å²) in [5, 5.41) is 16.4. The molecule has 2 N–H and O–H groups in total. The SMILES string of the molecule is CN(C)CC(O)NC1CN(c2ccc(F)cc2)C2(CCN(C3Cc4cccc5cccc3c45)CC2)C1=O. The zero-order valence-corrected chi connectivity index (χ0v) is 21.5. The molecule has 0 bridgehead atoms. The number of carbonyl (C=O) groups excluding carboxylic acids is 1. The summed E-state index contributed by atoms with van der Waals surface area (Å²) in [6, 6.07) is 19.5. The van der Waals surface area contributed by atoms with E-state index >= 15 is 0 Å². The molecule has 2 aliphatic heterocycles. The predicted molar refractivity (Wildman–Crippen MR) is 144 cm³/mol. The summed E-state index contributed by atoms with van der Waals surface area (Å²) >= 11 is 0. The van der Waals surface area contributed by atoms with Crippen LogP contribution in [0.1, 0.15) is 30.0 Å². The Morgan fingerprint density at radius 3 is 2.49 bits per heavy atom. The zero-order valence-electron chi connectivity index (χ0n) is 21.5. The topological polar surface area (TPSA) is 59.1 Å². The van der Waals surface area contributed by atoms with Crippen LogP contribution in [-0.4, -0.2) is 78.8 Å². The number of likely N-dealkylation sites (tertiary alicyclic amines) is 1. The molecule has 3 aliphatic rings. The molecule has 3 unspecified atom stereocenters. The van der Waals surface area contributed by atoms with Crippen molar-refractivity contribution in [3.05, 3.63) is 77.6 Å². The van der Waals surface area contributed by atoms with Gasteiger partial charge < -0.3 is 14.9 Å². The minimum atomic E-state index is -0.799. The number of anilines is 1. The molecule has 194 valence electrons. The highest BCUT2D eigenvalue weighted by Gasteiger charge is 2.55. The first-order valence-corrected chi connectivity index (χ1v) is 13.3. The predicted octanol–water partition coefficient (Wildman–Crippen LogP) is 3.34. The summed E-state index contributed by atoms with van der Waals surface area (Å²) in [7, 11) is 3.79. The van der Waals surface area contributed by atoms with E-state index in [1.54, 1.807) is 12.1 Å². The van der Waals surface area contributed by atoms with Gasteiger partial charge in [-0.25, -0.2) is 4.39 Å². The van der Waals surface area contributed by atoms with Crippen molar-refractivity contribution in [1.29, 1.82) is 0 Å². The molecule has 6 nitrogen and oxygen atoms in total. The number of benzene rings is 3. The summed E-state index contributed by atoms with van der Waals surface area (Å²) in [5.74, 6) is -0.157. The molecule has 1 spiro atoms. The molecular formula is C30H35FN4O2. The molecule has 0 amide bonds. The van der Waals surface area contributed by atoms with Gasteiger partial charge in [0, 0.05) is 37.9 Å². The van der Waals surface area contributed by atoms with Crippen molar-refractivity contribution >= 4 is 22.2 Å². The summed E-state index contributed by atoms with van der Waals surface area (Å²) in [6.45, 7) is 2.51. The lowest BCUT2D eigenvalue weighted by atomic mass is 9.82. The van der Waals surface area contributed by atoms with Crippen molar-refractivity contribution in [2.75, 3.05) is 45.2 Å². The Bertz CT molecular complexity index is 1300. The minimum absolute atomic E-state index is 0.131. The fourth-order valence-corrected chi connectivity index (χ4v) is 6.89. The first-order valence-electron chi connectivity index (χ1n) is 13.3. The lowest BCUT2D eigenvalue weighted by Crippen LogP contribution is -2.57. The third-order valence-electron chi connectivity index (χ3n) is 8.59. The molecule has 3 aromatic rings. The second-order valence-electron chi connectivity index (χ2n) is 11.1. The van der Waals surface area contributed by atoms with E-state index in [4.69, 9.17) is 0 Å². The number of halogens is 1. The fraction of sp³-hybridized carbons (Fsp3) is 0.433. The monoisotopic (exact) mass is 502 g/mol. The smallest absolute Gasteiger partial charge is 0.177 e. The molecule has 6 rings (SSSR count). The van der Waals surface area contributed by atoms with Gasteiger partial charge in [0.1, 0.15) is 17.6 Å². The third-order valence-corrected chi connectivity index (χ3v) is 8.59. The number of hydrogen-bond acceptors (Lipinski definition) is 6. The third kappa shape index (κ3) is 4.24. The van der Waals surface area contributed by atoms with Crippen LogP contribution in [0.5, 0.6) is 0 Å². The maximum atomic E-state index is 14.0. The first kappa shape index (κ1) is 24.5. The number of nitrogens with zero attached hydrogens (tertiary/aromatic N) is 3. The van der Waals surface area contributed by atoms with E-state index in [1.165, 1.54) is 34.0 Å². The van der Waals surface area contributed by atoms with Gasteiger partial charge >= 0.3 is 0 Å². The lowest BCUT2D eigenvalue weighted by Gasteiger charge is -2.46. The van der Waals surface area contributed by atoms with Gasteiger partial charge in [0.25, 0.3) is 0 Å². The van der Waals surface area contributed by atoms with E-state index in [0.717, 1.165) is 25.2 Å². The molecule has 7 heteroatoms. The average Bonchev–Trinajstić information content (AvgIpc) is 3.38. The Kier molecular flexibility index (Phi) is 6.27. The number of hydrogen-bond donors (Lipinski definition) is 2. The van der Waals surface area contributed by atoms with Crippen molar-refractivity contribution in [1.82, 2.24) is 15.1 Å². The van der Waals surface area contributed by atoms with E-state index in [-0.39, 0.29) is 11.6 Å². The van der Waals surface area contributed by atoms with Gasteiger partial charge in [-0.15, -0.1) is 0 Å². The van der Waals surface area contributed by atoms with Crippen LogP contribution < -0.4 is 10.2 Å². The van der Waals surface area contributed by atoms with Crippen LogP contribution in [-0.2, 0) is 11.2 Å². The number of aliphatic hydroxyl groups excluding tert-OH is 1. The molecule has 1 aliphatic carbocycles. The van der Waals surface area contributed by atoms with Crippen molar-refractivity contribution in [3.63, 3.8) is 0 Å². The van der Waals surface area contributed by atoms with E-state index in [9.17, 15) is 14.3 Å². The second kappa shape index (κ2) is 9.48. The Balaban J connectivity index is 1.25. The van der Waals surface area contributed by atoms with E-state index in [1.807, 2.05) is 19.0 Å². The number of piperidine rings is 1. The van der Waals surface area contributed by atoms with Gasteiger partial charge in [-0.2, -0.15) is 0 Å². The number of likely N-dealkylation sites (N-methyl/N-ethyl adjacent to an activating group) is 1. The highest BCUT2D eigenvalue weighted by atomic mass is 19.1. The maximum absolute atomic E-state index is 14.0. The second-order valence-corrected chi connectivity index (χ2v) is 11.1. The Labute approximate surface area is 217 Å². The zero-order chi connectivity index (χ0) is 25.7. The number of rotatable bonds is 6. The van der Waals surface area contributed by atoms with Gasteiger partial charge in [-0.1, -0.05) is 36.4 Å². The normalized spacial score (nSPS) is 24.0. The average molecular weight is 503 g/mol. The van der Waals surface area contributed by atoms with Crippen LogP contribution in [0.3, 0.4) is 0 Å². The lowest BCUT2D eigenvalue weighted by molar-refractivity contribution is -0.126. The van der Waals surface area contributed by atoms with Gasteiger partial charge in [0.2, 0.25) is 0 Å². The van der Waals surface area contributed by atoms with E-state index < -0.39 is 17.8 Å². The van der Waals surface area contributed by atoms with Crippen molar-refractivity contribution < 1.29 is 14.3 Å². The highest BCUT2D eigenvalue weighted by Crippen LogP contribution is 2.45. The highest BCUT2D eigenvalue weighted by molar-refractivity contribution is 6.00. The fourth-order valence-electron chi connectivity index (χ4n) is 6.89. The summed E-state index contributed by atoms with van der Waals surface area (Å²) in [6.07, 6.45) is 1.61. The summed E-state index contributed by atoms with van der Waals surface area (Å²) in [4.78, 5) is 20.6. The summed E-state index contributed by atoms with van der Waals surface area (Å²) in [5.41, 5.74) is 2.99. The quantitative estimate of drug-likeness (QED) is 0.505. The maximum Gasteiger partial charge on any atom is 0.177 e. The molecular weight excluding hydrogens is 467 g/mol. The van der Waals surface area contributed by atoms with Crippen LogP contribution >= 0.6 is 0 Å². The van der Waals surface area contributed by atoms with Crippen LogP contribution in [0, 0.1) is 5.82 Å². The van der Waals surface area contributed by atoms with Gasteiger partial charge in [0.15, 0.2) is 5.78 Å². The largest absolute Gasteiger partial charge is 0.377 e. The van der Waals surface area contributed by atoms with Crippen molar-refractivity contribution in [2.24, 2.45) is 0 Å². The number of aliphatic hydroxyl groups is 1. The molecule has 0 aromatic heterocycles. The Morgan fingerprint density at radius 1 is 1.08 bits per heavy atom. The van der Waals surface area contributed by atoms with Crippen LogP contribution in [0.15, 0.2) is 60.7 Å². The molecule has 0 saturated carbocycles. The number of carbonyl (C=O) groups is 1. The van der Waals surface area contributed by atoms with Crippen LogP contribution in [0.25, 0.3) is 10.8 Å². The minimum Gasteiger partial charge on any atom is -0.377 e. The first-order chi connectivity index (χ1) is 17.9. The Morgan fingerprint density at radius 2 is 1.78 bits per heavy atom. The molecule has 37 heavy (non-hydrogen) atoms. The number of nitrogens with one attached hydrogen (secondary N) is 1. The molecule has 2 heterocycles. The number of Topliss-reactive ketones (excluding diaryl/α,β-unsaturated/α-hetero) is 1. The van der Waals surface area contributed by atoms with Crippen LogP contribution in [0.4, 0.5) is 10.1 Å². The van der Waals surface area contributed by atoms with Gasteiger partial charge in [0.05, 0.1) is 6.04 Å². The Hall–Kier alpha value is -2.84. The van der Waals surface area contributed by atoms with E-state index in [0.29, 0.717) is 32.0 Å². The molecule has 3 aromatic carbocycles. The van der Waals surface area contributed by atoms with Crippen molar-refractivity contribution in [2.45, 2.75) is 43.1 Å². The molecule has 3 atom stereocenters. The van der Waals surface area contributed by atoms with Crippen molar-refractivity contribution in [3.8, 4) is 0 Å². The summed E-state index contributed by atoms with van der Waals surface area (Å²) < 4.78 is 13.7. The standard InChI is InChI=1S/C30H35FN4O2/c1-33(2)19-27(36)32-25-18-35(23-11-9-22(31)10-12-23)30(29(25)37)13-15-34(16-14-30)26-17-21-7-3-5-20-6-4-8-24(26)28(20)21/h3-12,25-27,32,36H,13-19H2,1-2H3. The van der Waals surface area contributed by atoms with E-state index in [2.05, 4.69) is 51.5 Å². The number of ketones is 1. The molecule has 2 fully saturated rings. The van der Waals surface area contributed by atoms with Crippen LogP contribution in [0.2, 0.25) is 0 Å². The molecule has 0 radical (unpaired) electrons. The van der Waals surface area contributed by atoms with Gasteiger partial charge in [-0.3, -0.25) is 15.0 Å².